The summed E-state index contributed by atoms with van der Waals surface area (Å²) < 4.78 is 25.9. The number of rotatable bonds is 6. The van der Waals surface area contributed by atoms with Crippen LogP contribution in [0.2, 0.25) is 5.02 Å². The lowest BCUT2D eigenvalue weighted by Crippen LogP contribution is -2.54. The zero-order chi connectivity index (χ0) is 17.1. The first-order valence-electron chi connectivity index (χ1n) is 7.52. The highest BCUT2D eigenvalue weighted by atomic mass is 35.5. The van der Waals surface area contributed by atoms with E-state index in [0.717, 1.165) is 30.0 Å². The number of hydrogen-bond acceptors (Lipinski definition) is 4. The minimum atomic E-state index is -3.73. The van der Waals surface area contributed by atoms with E-state index in [2.05, 4.69) is 5.32 Å². The van der Waals surface area contributed by atoms with Crippen molar-refractivity contribution in [1.29, 1.82) is 0 Å². The van der Waals surface area contributed by atoms with Gasteiger partial charge in [0.15, 0.2) is 0 Å². The number of carbonyl (C=O) groups excluding carboxylic acids is 1. The molecule has 1 aromatic carbocycles. The molecular weight excluding hydrogens is 338 g/mol. The number of likely N-dealkylation sites (N-methyl/N-ethyl adjacent to an activating group) is 1. The minimum Gasteiger partial charge on any atom is -0.348 e. The van der Waals surface area contributed by atoms with Crippen molar-refractivity contribution in [2.45, 2.75) is 36.1 Å². The maximum absolute atomic E-state index is 12.4. The summed E-state index contributed by atoms with van der Waals surface area (Å²) in [6.45, 7) is 0.124. The Balaban J connectivity index is 2.04. The predicted octanol–water partition coefficient (Wildman–Crippen LogP) is 1.35. The molecule has 0 atom stereocenters. The van der Waals surface area contributed by atoms with Crippen LogP contribution >= 0.6 is 11.6 Å². The molecule has 1 aliphatic carbocycles. The van der Waals surface area contributed by atoms with Crippen molar-refractivity contribution in [1.82, 2.24) is 9.62 Å². The van der Waals surface area contributed by atoms with Gasteiger partial charge in [0.25, 0.3) is 0 Å². The van der Waals surface area contributed by atoms with Gasteiger partial charge in [0.2, 0.25) is 15.9 Å². The first-order chi connectivity index (χ1) is 10.8. The van der Waals surface area contributed by atoms with Gasteiger partial charge in [-0.3, -0.25) is 4.79 Å². The van der Waals surface area contributed by atoms with E-state index < -0.39 is 10.0 Å². The summed E-state index contributed by atoms with van der Waals surface area (Å²) in [7, 11) is -2.35. The molecule has 0 aromatic heterocycles. The molecule has 2 rings (SSSR count). The molecule has 128 valence electrons. The van der Waals surface area contributed by atoms with Crippen LogP contribution in [-0.4, -0.2) is 44.3 Å². The van der Waals surface area contributed by atoms with Crippen LogP contribution in [0.1, 0.15) is 25.7 Å². The van der Waals surface area contributed by atoms with Crippen molar-refractivity contribution in [2.75, 3.05) is 20.1 Å². The Morgan fingerprint density at radius 2 is 1.87 bits per heavy atom. The third kappa shape index (κ3) is 4.23. The van der Waals surface area contributed by atoms with Crippen molar-refractivity contribution in [3.05, 3.63) is 29.3 Å². The zero-order valence-electron chi connectivity index (χ0n) is 13.1. The number of halogens is 1. The molecule has 0 heterocycles. The lowest BCUT2D eigenvalue weighted by Gasteiger charge is -2.29. The third-order valence-electron chi connectivity index (χ3n) is 4.24. The highest BCUT2D eigenvalue weighted by Crippen LogP contribution is 2.28. The molecule has 0 aliphatic heterocycles. The van der Waals surface area contributed by atoms with Gasteiger partial charge >= 0.3 is 0 Å². The van der Waals surface area contributed by atoms with Crippen LogP contribution in [0, 0.1) is 0 Å². The molecule has 0 saturated heterocycles. The Kier molecular flexibility index (Phi) is 5.67. The molecule has 6 nitrogen and oxygen atoms in total. The molecule has 8 heteroatoms. The van der Waals surface area contributed by atoms with Crippen molar-refractivity contribution in [2.24, 2.45) is 5.73 Å². The Bertz CT molecular complexity index is 655. The number of carbonyl (C=O) groups is 1. The summed E-state index contributed by atoms with van der Waals surface area (Å²) in [5.41, 5.74) is 5.39. The van der Waals surface area contributed by atoms with E-state index in [-0.39, 0.29) is 22.9 Å². The molecule has 1 aromatic rings. The topological polar surface area (TPSA) is 92.5 Å². The molecule has 23 heavy (non-hydrogen) atoms. The van der Waals surface area contributed by atoms with Crippen molar-refractivity contribution in [3.63, 3.8) is 0 Å². The fraction of sp³-hybridized carbons (Fsp3) is 0.533. The minimum absolute atomic E-state index is 0.103. The molecule has 1 amide bonds. The molecule has 0 spiro atoms. The molecule has 0 unspecified atom stereocenters. The van der Waals surface area contributed by atoms with E-state index in [0.29, 0.717) is 11.6 Å². The van der Waals surface area contributed by atoms with Crippen LogP contribution in [0.25, 0.3) is 0 Å². The summed E-state index contributed by atoms with van der Waals surface area (Å²) in [5.74, 6) is -0.336. The number of hydrogen-bond donors (Lipinski definition) is 2. The third-order valence-corrected chi connectivity index (χ3v) is 6.31. The summed E-state index contributed by atoms with van der Waals surface area (Å²) >= 11 is 5.77. The van der Waals surface area contributed by atoms with Crippen LogP contribution in [0.3, 0.4) is 0 Å². The van der Waals surface area contributed by atoms with Gasteiger partial charge in [-0.05, 0) is 37.1 Å². The standard InChI is InChI=1S/C15H22ClN3O3S/c1-19(23(21,22)13-6-4-12(16)5-7-13)10-14(20)18-15(11-17)8-2-3-9-15/h4-7H,2-3,8-11,17H2,1H3,(H,18,20). The summed E-state index contributed by atoms with van der Waals surface area (Å²) in [5, 5.41) is 3.37. The Morgan fingerprint density at radius 1 is 1.30 bits per heavy atom. The Morgan fingerprint density at radius 3 is 2.39 bits per heavy atom. The van der Waals surface area contributed by atoms with E-state index in [9.17, 15) is 13.2 Å². The fourth-order valence-corrected chi connectivity index (χ4v) is 4.09. The molecule has 3 N–H and O–H groups in total. The smallest absolute Gasteiger partial charge is 0.243 e. The molecule has 1 saturated carbocycles. The second kappa shape index (κ2) is 7.17. The predicted molar refractivity (Wildman–Crippen MR) is 89.7 cm³/mol. The molecule has 1 aliphatic rings. The Labute approximate surface area is 142 Å². The Hall–Kier alpha value is -1.15. The van der Waals surface area contributed by atoms with Gasteiger partial charge in [-0.15, -0.1) is 0 Å². The monoisotopic (exact) mass is 359 g/mol. The summed E-state index contributed by atoms with van der Waals surface area (Å²) in [6, 6.07) is 5.85. The van der Waals surface area contributed by atoms with E-state index >= 15 is 0 Å². The normalized spacial score (nSPS) is 17.4. The summed E-state index contributed by atoms with van der Waals surface area (Å²) in [4.78, 5) is 12.3. The van der Waals surface area contributed by atoms with Gasteiger partial charge in [-0.2, -0.15) is 4.31 Å². The average Bonchev–Trinajstić information content (AvgIpc) is 2.96. The first kappa shape index (κ1) is 18.2. The van der Waals surface area contributed by atoms with E-state index in [1.165, 1.54) is 31.3 Å². The van der Waals surface area contributed by atoms with Gasteiger partial charge in [0, 0.05) is 18.6 Å². The number of nitrogens with zero attached hydrogens (tertiary/aromatic N) is 1. The highest BCUT2D eigenvalue weighted by molar-refractivity contribution is 7.89. The van der Waals surface area contributed by atoms with Crippen LogP contribution < -0.4 is 11.1 Å². The number of sulfonamides is 1. The lowest BCUT2D eigenvalue weighted by atomic mass is 9.98. The van der Waals surface area contributed by atoms with Gasteiger partial charge in [-0.1, -0.05) is 24.4 Å². The van der Waals surface area contributed by atoms with Crippen LogP contribution in [-0.2, 0) is 14.8 Å². The molecule has 0 radical (unpaired) electrons. The SMILES string of the molecule is CN(CC(=O)NC1(CN)CCCC1)S(=O)(=O)c1ccc(Cl)cc1. The second-order valence-electron chi connectivity index (χ2n) is 5.95. The van der Waals surface area contributed by atoms with Gasteiger partial charge < -0.3 is 11.1 Å². The molecule has 0 bridgehead atoms. The summed E-state index contributed by atoms with van der Waals surface area (Å²) in [6.07, 6.45) is 3.72. The van der Waals surface area contributed by atoms with E-state index in [1.54, 1.807) is 0 Å². The fourth-order valence-electron chi connectivity index (χ4n) is 2.84. The van der Waals surface area contributed by atoms with E-state index in [1.807, 2.05) is 0 Å². The van der Waals surface area contributed by atoms with Crippen molar-refractivity contribution < 1.29 is 13.2 Å². The van der Waals surface area contributed by atoms with Gasteiger partial charge in [-0.25, -0.2) is 8.42 Å². The maximum atomic E-state index is 12.4. The van der Waals surface area contributed by atoms with Crippen molar-refractivity contribution >= 4 is 27.5 Å². The maximum Gasteiger partial charge on any atom is 0.243 e. The van der Waals surface area contributed by atoms with Crippen molar-refractivity contribution in [3.8, 4) is 0 Å². The largest absolute Gasteiger partial charge is 0.348 e. The van der Waals surface area contributed by atoms with Crippen LogP contribution in [0.5, 0.6) is 0 Å². The van der Waals surface area contributed by atoms with Gasteiger partial charge in [0.1, 0.15) is 0 Å². The molecular formula is C15H22ClN3O3S. The van der Waals surface area contributed by atoms with Crippen LogP contribution in [0.15, 0.2) is 29.2 Å². The molecule has 1 fully saturated rings. The van der Waals surface area contributed by atoms with Crippen LogP contribution in [0.4, 0.5) is 0 Å². The zero-order valence-corrected chi connectivity index (χ0v) is 14.7. The number of nitrogens with two attached hydrogens (primary N) is 1. The van der Waals surface area contributed by atoms with Gasteiger partial charge in [0.05, 0.1) is 17.0 Å². The quantitative estimate of drug-likeness (QED) is 0.801. The lowest BCUT2D eigenvalue weighted by molar-refractivity contribution is -0.122. The first-order valence-corrected chi connectivity index (χ1v) is 9.34. The van der Waals surface area contributed by atoms with E-state index in [4.69, 9.17) is 17.3 Å². The second-order valence-corrected chi connectivity index (χ2v) is 8.44. The highest BCUT2D eigenvalue weighted by Gasteiger charge is 2.34. The number of amides is 1. The number of nitrogens with one attached hydrogen (secondary N) is 1. The average molecular weight is 360 g/mol. The number of benzene rings is 1.